The van der Waals surface area contributed by atoms with Gasteiger partial charge in [0.15, 0.2) is 0 Å². The van der Waals surface area contributed by atoms with Crippen LogP contribution in [0.3, 0.4) is 0 Å². The van der Waals surface area contributed by atoms with Crippen LogP contribution < -0.4 is 0 Å². The fraction of sp³-hybridized carbons (Fsp3) is 0.0741. The highest BCUT2D eigenvalue weighted by molar-refractivity contribution is 8.26. The van der Waals surface area contributed by atoms with Gasteiger partial charge >= 0.3 is 0 Å². The zero-order valence-electron chi connectivity index (χ0n) is 18.3. The first kappa shape index (κ1) is 22.3. The molecule has 1 aliphatic rings. The molecule has 5 rings (SSSR count). The molecule has 0 N–H and O–H groups in total. The van der Waals surface area contributed by atoms with E-state index in [9.17, 15) is 9.18 Å². The predicted octanol–water partition coefficient (Wildman–Crippen LogP) is 6.64. The Hall–Kier alpha value is -3.55. The normalized spacial score (nSPS) is 15.8. The van der Waals surface area contributed by atoms with Crippen LogP contribution in [0.5, 0.6) is 0 Å². The van der Waals surface area contributed by atoms with Gasteiger partial charge in [-0.1, -0.05) is 72.5 Å². The maximum atomic E-state index is 13.5. The Bertz CT molecular complexity index is 1380. The van der Waals surface area contributed by atoms with Crippen molar-refractivity contribution in [2.75, 3.05) is 0 Å². The van der Waals surface area contributed by atoms with Gasteiger partial charge < -0.3 is 0 Å². The third-order valence-corrected chi connectivity index (χ3v) is 6.99. The van der Waals surface area contributed by atoms with E-state index in [1.165, 1.54) is 23.9 Å². The van der Waals surface area contributed by atoms with Crippen molar-refractivity contribution in [1.29, 1.82) is 0 Å². The first-order chi connectivity index (χ1) is 16.5. The van der Waals surface area contributed by atoms with E-state index in [1.807, 2.05) is 79.9 Å². The van der Waals surface area contributed by atoms with Gasteiger partial charge in [-0.25, -0.2) is 9.07 Å². The Kier molecular flexibility index (Phi) is 6.13. The molecule has 1 fully saturated rings. The number of carbonyl (C=O) groups is 1. The number of hydrogen-bond donors (Lipinski definition) is 0. The van der Waals surface area contributed by atoms with Gasteiger partial charge in [-0.2, -0.15) is 5.10 Å². The van der Waals surface area contributed by atoms with E-state index in [2.05, 4.69) is 0 Å². The molecule has 1 aliphatic heterocycles. The summed E-state index contributed by atoms with van der Waals surface area (Å²) < 4.78 is 15.8. The van der Waals surface area contributed by atoms with Crippen LogP contribution >= 0.6 is 24.0 Å². The van der Waals surface area contributed by atoms with Crippen molar-refractivity contribution in [2.24, 2.45) is 0 Å². The van der Waals surface area contributed by atoms with Crippen molar-refractivity contribution >= 4 is 40.3 Å². The first-order valence-electron chi connectivity index (χ1n) is 10.7. The van der Waals surface area contributed by atoms with Gasteiger partial charge in [0.2, 0.25) is 0 Å². The lowest BCUT2D eigenvalue weighted by molar-refractivity contribution is -0.123. The second kappa shape index (κ2) is 9.37. The summed E-state index contributed by atoms with van der Waals surface area (Å²) >= 11 is 6.86. The van der Waals surface area contributed by atoms with Crippen LogP contribution in [0.25, 0.3) is 23.0 Å². The predicted molar refractivity (Wildman–Crippen MR) is 139 cm³/mol. The van der Waals surface area contributed by atoms with Gasteiger partial charge in [-0.05, 0) is 55.0 Å². The minimum absolute atomic E-state index is 0.135. The van der Waals surface area contributed by atoms with Crippen molar-refractivity contribution in [1.82, 2.24) is 14.7 Å². The lowest BCUT2D eigenvalue weighted by Gasteiger charge is -2.23. The Morgan fingerprint density at radius 3 is 2.29 bits per heavy atom. The van der Waals surface area contributed by atoms with Gasteiger partial charge in [-0.15, -0.1) is 0 Å². The quantitative estimate of drug-likeness (QED) is 0.235. The summed E-state index contributed by atoms with van der Waals surface area (Å²) in [5.74, 6) is -0.451. The Balaban J connectivity index is 1.54. The Morgan fingerprint density at radius 2 is 1.62 bits per heavy atom. The largest absolute Gasteiger partial charge is 0.286 e. The molecule has 4 aromatic rings. The molecule has 0 radical (unpaired) electrons. The number of halogens is 1. The van der Waals surface area contributed by atoms with E-state index < -0.39 is 0 Å². The number of thioether (sulfide) groups is 1. The van der Waals surface area contributed by atoms with E-state index >= 15 is 0 Å². The number of aromatic nitrogens is 2. The lowest BCUT2D eigenvalue weighted by atomic mass is 10.1. The molecule has 0 unspecified atom stereocenters. The van der Waals surface area contributed by atoms with Crippen LogP contribution in [0.15, 0.2) is 96.0 Å². The van der Waals surface area contributed by atoms with Crippen molar-refractivity contribution in [3.63, 3.8) is 0 Å². The summed E-state index contributed by atoms with van der Waals surface area (Å²) in [5, 5.41) is 4.75. The van der Waals surface area contributed by atoms with Crippen molar-refractivity contribution in [3.05, 3.63) is 113 Å². The minimum Gasteiger partial charge on any atom is -0.286 e. The van der Waals surface area contributed by atoms with Gasteiger partial charge in [0, 0.05) is 17.3 Å². The van der Waals surface area contributed by atoms with E-state index in [1.54, 1.807) is 21.7 Å². The smallest absolute Gasteiger partial charge is 0.266 e. The maximum Gasteiger partial charge on any atom is 0.266 e. The monoisotopic (exact) mass is 485 g/mol. The highest BCUT2D eigenvalue weighted by Gasteiger charge is 2.36. The van der Waals surface area contributed by atoms with Gasteiger partial charge in [0.25, 0.3) is 5.91 Å². The number of carbonyl (C=O) groups excluding carboxylic acids is 1. The van der Waals surface area contributed by atoms with E-state index in [0.29, 0.717) is 14.9 Å². The third-order valence-electron chi connectivity index (χ3n) is 5.66. The molecule has 0 saturated carbocycles. The number of nitrogens with zero attached hydrogens (tertiary/aromatic N) is 3. The lowest BCUT2D eigenvalue weighted by Crippen LogP contribution is -2.30. The van der Waals surface area contributed by atoms with Crippen LogP contribution in [0.1, 0.15) is 24.1 Å². The number of para-hydroxylation sites is 1. The molecule has 2 heterocycles. The molecule has 1 aromatic heterocycles. The fourth-order valence-electron chi connectivity index (χ4n) is 3.87. The molecule has 0 aliphatic carbocycles. The third kappa shape index (κ3) is 4.32. The standard InChI is InChI=1S/C27H20FN3OS2/c1-18(19-8-4-2-5-9-19)31-26(32)24(34-27(31)33)16-21-17-30(23-10-6-3-7-11-23)29-25(21)20-12-14-22(28)15-13-20/h2-18H,1H3/b24-16-/t18-/m1/s1. The summed E-state index contributed by atoms with van der Waals surface area (Å²) in [6.45, 7) is 1.97. The van der Waals surface area contributed by atoms with Crippen molar-refractivity contribution in [3.8, 4) is 16.9 Å². The molecular formula is C27H20FN3OS2. The maximum absolute atomic E-state index is 13.5. The van der Waals surface area contributed by atoms with Gasteiger partial charge in [-0.3, -0.25) is 9.69 Å². The van der Waals surface area contributed by atoms with Crippen LogP contribution in [-0.4, -0.2) is 24.9 Å². The molecule has 168 valence electrons. The topological polar surface area (TPSA) is 38.1 Å². The molecule has 0 spiro atoms. The van der Waals surface area contributed by atoms with Crippen molar-refractivity contribution < 1.29 is 9.18 Å². The first-order valence-corrected chi connectivity index (χ1v) is 12.0. The number of hydrogen-bond acceptors (Lipinski definition) is 4. The van der Waals surface area contributed by atoms with E-state index in [-0.39, 0.29) is 17.8 Å². The van der Waals surface area contributed by atoms with Gasteiger partial charge in [0.1, 0.15) is 10.1 Å². The molecule has 0 bridgehead atoms. The highest BCUT2D eigenvalue weighted by atomic mass is 32.2. The number of rotatable bonds is 5. The molecule has 7 heteroatoms. The second-order valence-electron chi connectivity index (χ2n) is 7.86. The molecule has 1 saturated heterocycles. The summed E-state index contributed by atoms with van der Waals surface area (Å²) in [6.07, 6.45) is 3.70. The SMILES string of the molecule is C[C@H](c1ccccc1)N1C(=O)/C(=C/c2cn(-c3ccccc3)nc2-c2ccc(F)cc2)SC1=S. The average molecular weight is 486 g/mol. The number of thiocarbonyl (C=S) groups is 1. The van der Waals surface area contributed by atoms with Crippen LogP contribution in [0.4, 0.5) is 4.39 Å². The molecule has 4 nitrogen and oxygen atoms in total. The van der Waals surface area contributed by atoms with Crippen LogP contribution in [-0.2, 0) is 4.79 Å². The average Bonchev–Trinajstić information content (AvgIpc) is 3.41. The van der Waals surface area contributed by atoms with Crippen LogP contribution in [0, 0.1) is 5.82 Å². The number of benzene rings is 3. The molecule has 34 heavy (non-hydrogen) atoms. The summed E-state index contributed by atoms with van der Waals surface area (Å²) in [5.41, 5.74) is 4.07. The molecule has 1 amide bonds. The second-order valence-corrected chi connectivity index (χ2v) is 9.53. The highest BCUT2D eigenvalue weighted by Crippen LogP contribution is 2.39. The fourth-order valence-corrected chi connectivity index (χ4v) is 5.28. The zero-order chi connectivity index (χ0) is 23.7. The zero-order valence-corrected chi connectivity index (χ0v) is 19.9. The summed E-state index contributed by atoms with van der Waals surface area (Å²) in [6, 6.07) is 25.5. The Morgan fingerprint density at radius 1 is 0.971 bits per heavy atom. The van der Waals surface area contributed by atoms with Crippen molar-refractivity contribution in [2.45, 2.75) is 13.0 Å². The molecule has 1 atom stereocenters. The summed E-state index contributed by atoms with van der Waals surface area (Å²) in [7, 11) is 0. The Labute approximate surface area is 206 Å². The summed E-state index contributed by atoms with van der Waals surface area (Å²) in [4.78, 5) is 15.6. The molecular weight excluding hydrogens is 465 g/mol. The number of amides is 1. The van der Waals surface area contributed by atoms with Crippen LogP contribution in [0.2, 0.25) is 0 Å². The van der Waals surface area contributed by atoms with E-state index in [0.717, 1.165) is 22.4 Å². The minimum atomic E-state index is -0.316. The van der Waals surface area contributed by atoms with E-state index in [4.69, 9.17) is 17.3 Å². The molecule has 3 aromatic carbocycles. The van der Waals surface area contributed by atoms with Gasteiger partial charge in [0.05, 0.1) is 22.3 Å².